The minimum absolute atomic E-state index is 0.227. The van der Waals surface area contributed by atoms with Crippen LogP contribution in [0, 0.1) is 0 Å². The van der Waals surface area contributed by atoms with Crippen LogP contribution in [-0.4, -0.2) is 53.9 Å². The molecule has 10 heteroatoms. The number of amides is 2. The molecule has 41 heavy (non-hydrogen) atoms. The van der Waals surface area contributed by atoms with Gasteiger partial charge in [0.05, 0.1) is 16.9 Å². The molecule has 1 aromatic heterocycles. The van der Waals surface area contributed by atoms with E-state index in [0.29, 0.717) is 45.8 Å². The normalized spacial score (nSPS) is 12.2. The van der Waals surface area contributed by atoms with Crippen LogP contribution in [0.2, 0.25) is 5.02 Å². The first-order valence-electron chi connectivity index (χ1n) is 13.1. The molecule has 5 rings (SSSR count). The minimum atomic E-state index is -0.276. The molecule has 0 fully saturated rings. The van der Waals surface area contributed by atoms with Crippen LogP contribution in [-0.2, 0) is 11.2 Å². The lowest BCUT2D eigenvalue weighted by molar-refractivity contribution is -0.111. The average Bonchev–Trinajstić information content (AvgIpc) is 3.42. The Morgan fingerprint density at radius 1 is 1.00 bits per heavy atom. The van der Waals surface area contributed by atoms with Crippen LogP contribution >= 0.6 is 11.6 Å². The molecule has 1 aliphatic heterocycles. The highest BCUT2D eigenvalue weighted by atomic mass is 35.5. The lowest BCUT2D eigenvalue weighted by atomic mass is 10.1. The average molecular weight is 568 g/mol. The fourth-order valence-electron chi connectivity index (χ4n) is 4.35. The zero-order valence-electron chi connectivity index (χ0n) is 22.7. The van der Waals surface area contributed by atoms with Crippen LogP contribution in [0.3, 0.4) is 0 Å². The van der Waals surface area contributed by atoms with Gasteiger partial charge in [0.25, 0.3) is 5.91 Å². The predicted octanol–water partition coefficient (Wildman–Crippen LogP) is 5.82. The van der Waals surface area contributed by atoms with E-state index in [1.54, 1.807) is 48.7 Å². The van der Waals surface area contributed by atoms with E-state index in [9.17, 15) is 9.59 Å². The van der Waals surface area contributed by atoms with Crippen LogP contribution in [0.5, 0.6) is 0 Å². The first kappa shape index (κ1) is 27.8. The number of likely N-dealkylation sites (N-methyl/N-ethyl adjacent to an activating group) is 1. The summed E-state index contributed by atoms with van der Waals surface area (Å²) in [6.07, 6.45) is 5.81. The van der Waals surface area contributed by atoms with Gasteiger partial charge in [-0.2, -0.15) is 0 Å². The summed E-state index contributed by atoms with van der Waals surface area (Å²) in [6.45, 7) is 1.60. The highest BCUT2D eigenvalue weighted by Gasteiger charge is 2.14. The Balaban J connectivity index is 1.22. The quantitative estimate of drug-likeness (QED) is 0.189. The van der Waals surface area contributed by atoms with Crippen molar-refractivity contribution in [1.29, 1.82) is 0 Å². The number of anilines is 5. The molecule has 0 saturated carbocycles. The van der Waals surface area contributed by atoms with Gasteiger partial charge in [-0.25, -0.2) is 9.97 Å². The van der Waals surface area contributed by atoms with Gasteiger partial charge in [-0.05, 0) is 80.7 Å². The van der Waals surface area contributed by atoms with E-state index in [-0.39, 0.29) is 11.8 Å². The van der Waals surface area contributed by atoms with Crippen LogP contribution in [0.15, 0.2) is 85.1 Å². The zero-order chi connectivity index (χ0) is 28.8. The van der Waals surface area contributed by atoms with Crippen molar-refractivity contribution in [2.45, 2.75) is 6.42 Å². The lowest BCUT2D eigenvalue weighted by Crippen LogP contribution is -2.13. The second-order valence-corrected chi connectivity index (χ2v) is 10.2. The second-order valence-electron chi connectivity index (χ2n) is 9.83. The van der Waals surface area contributed by atoms with Crippen LogP contribution in [0.1, 0.15) is 15.9 Å². The van der Waals surface area contributed by atoms with Crippen molar-refractivity contribution in [1.82, 2.24) is 14.9 Å². The molecule has 3 aromatic carbocycles. The van der Waals surface area contributed by atoms with E-state index in [0.717, 1.165) is 24.2 Å². The molecular weight excluding hydrogens is 538 g/mol. The van der Waals surface area contributed by atoms with E-state index in [2.05, 4.69) is 37.3 Å². The van der Waals surface area contributed by atoms with Gasteiger partial charge in [0, 0.05) is 53.0 Å². The fraction of sp³-hybridized carbons (Fsp3) is 0.161. The number of benzene rings is 3. The SMILES string of the molecule is CN(C)C/C=C/C(=O)Nc1ccc(C(=O)Nc2cccc(Nc3ncc(Cl)c(-c4ccc5c(c4)CCN5)n3)c2)cc1. The third-order valence-electron chi connectivity index (χ3n) is 6.36. The maximum Gasteiger partial charge on any atom is 0.255 e. The smallest absolute Gasteiger partial charge is 0.255 e. The predicted molar refractivity (Wildman–Crippen MR) is 165 cm³/mol. The number of hydrogen-bond acceptors (Lipinski definition) is 7. The molecule has 1 aliphatic rings. The Labute approximate surface area is 243 Å². The third-order valence-corrected chi connectivity index (χ3v) is 6.64. The van der Waals surface area contributed by atoms with Gasteiger partial charge >= 0.3 is 0 Å². The molecule has 4 aromatic rings. The Kier molecular flexibility index (Phi) is 8.57. The van der Waals surface area contributed by atoms with Crippen LogP contribution < -0.4 is 21.3 Å². The largest absolute Gasteiger partial charge is 0.384 e. The number of nitrogens with one attached hydrogen (secondary N) is 4. The van der Waals surface area contributed by atoms with Gasteiger partial charge in [0.15, 0.2) is 0 Å². The van der Waals surface area contributed by atoms with Crippen molar-refractivity contribution < 1.29 is 9.59 Å². The molecule has 9 nitrogen and oxygen atoms in total. The summed E-state index contributed by atoms with van der Waals surface area (Å²) >= 11 is 6.45. The Morgan fingerprint density at radius 3 is 2.61 bits per heavy atom. The Morgan fingerprint density at radius 2 is 1.80 bits per heavy atom. The maximum absolute atomic E-state index is 12.9. The van der Waals surface area contributed by atoms with E-state index in [4.69, 9.17) is 11.6 Å². The highest BCUT2D eigenvalue weighted by Crippen LogP contribution is 2.32. The molecule has 2 heterocycles. The van der Waals surface area contributed by atoms with E-state index >= 15 is 0 Å². The molecular formula is C31H30ClN7O2. The molecule has 0 aliphatic carbocycles. The van der Waals surface area contributed by atoms with Gasteiger partial charge in [-0.1, -0.05) is 29.8 Å². The highest BCUT2D eigenvalue weighted by molar-refractivity contribution is 6.32. The number of halogens is 1. The van der Waals surface area contributed by atoms with Crippen molar-refractivity contribution in [2.75, 3.05) is 48.5 Å². The molecule has 0 radical (unpaired) electrons. The number of hydrogen-bond donors (Lipinski definition) is 4. The van der Waals surface area contributed by atoms with Crippen molar-refractivity contribution in [3.05, 3.63) is 101 Å². The third kappa shape index (κ3) is 7.27. The monoisotopic (exact) mass is 567 g/mol. The summed E-state index contributed by atoms with van der Waals surface area (Å²) in [7, 11) is 3.85. The van der Waals surface area contributed by atoms with E-state index < -0.39 is 0 Å². The Bertz CT molecular complexity index is 1600. The zero-order valence-corrected chi connectivity index (χ0v) is 23.5. The fourth-order valence-corrected chi connectivity index (χ4v) is 4.55. The summed E-state index contributed by atoms with van der Waals surface area (Å²) in [5.41, 5.74) is 6.32. The number of fused-ring (bicyclic) bond motifs is 1. The van der Waals surface area contributed by atoms with Crippen LogP contribution in [0.25, 0.3) is 11.3 Å². The lowest BCUT2D eigenvalue weighted by Gasteiger charge is -2.11. The topological polar surface area (TPSA) is 111 Å². The van der Waals surface area contributed by atoms with Crippen LogP contribution in [0.4, 0.5) is 28.7 Å². The van der Waals surface area contributed by atoms with Crippen molar-refractivity contribution in [3.8, 4) is 11.3 Å². The molecule has 0 saturated heterocycles. The number of nitrogens with zero attached hydrogens (tertiary/aromatic N) is 3. The maximum atomic E-state index is 12.9. The van der Waals surface area contributed by atoms with Gasteiger partial charge in [0.1, 0.15) is 0 Å². The second kappa shape index (κ2) is 12.6. The molecule has 4 N–H and O–H groups in total. The van der Waals surface area contributed by atoms with Crippen molar-refractivity contribution in [3.63, 3.8) is 0 Å². The van der Waals surface area contributed by atoms with E-state index in [1.165, 1.54) is 11.6 Å². The summed E-state index contributed by atoms with van der Waals surface area (Å²) in [5.74, 6) is -0.113. The first-order valence-corrected chi connectivity index (χ1v) is 13.5. The number of carbonyl (C=O) groups is 2. The van der Waals surface area contributed by atoms with Crippen molar-refractivity contribution in [2.24, 2.45) is 0 Å². The number of carbonyl (C=O) groups excluding carboxylic acids is 2. The number of aromatic nitrogens is 2. The molecule has 208 valence electrons. The van der Waals surface area contributed by atoms with Gasteiger partial charge in [-0.15, -0.1) is 0 Å². The van der Waals surface area contributed by atoms with Crippen molar-refractivity contribution >= 4 is 52.1 Å². The van der Waals surface area contributed by atoms with Gasteiger partial charge in [-0.3, -0.25) is 9.59 Å². The summed E-state index contributed by atoms with van der Waals surface area (Å²) < 4.78 is 0. The molecule has 0 atom stereocenters. The van der Waals surface area contributed by atoms with Gasteiger partial charge in [0.2, 0.25) is 11.9 Å². The summed E-state index contributed by atoms with van der Waals surface area (Å²) in [5, 5.41) is 12.7. The standard InChI is InChI=1S/C31H30ClN7O2/c1-39(2)16-4-7-28(40)35-23-11-8-20(9-12-23)30(41)36-24-5-3-6-25(18-24)37-31-34-19-26(32)29(38-31)22-10-13-27-21(17-22)14-15-33-27/h3-13,17-19,33H,14-16H2,1-2H3,(H,35,40)(H,36,41)(H,34,37,38)/b7-4+. The minimum Gasteiger partial charge on any atom is -0.384 e. The first-order chi connectivity index (χ1) is 19.8. The molecule has 0 bridgehead atoms. The molecule has 0 unspecified atom stereocenters. The summed E-state index contributed by atoms with van der Waals surface area (Å²) in [6, 6.07) is 20.1. The Hall–Kier alpha value is -4.73. The molecule has 2 amide bonds. The van der Waals surface area contributed by atoms with Gasteiger partial charge < -0.3 is 26.2 Å². The number of rotatable bonds is 9. The summed E-state index contributed by atoms with van der Waals surface area (Å²) in [4.78, 5) is 35.9. The van der Waals surface area contributed by atoms with E-state index in [1.807, 2.05) is 43.3 Å². The molecule has 0 spiro atoms.